The van der Waals surface area contributed by atoms with Crippen molar-refractivity contribution < 1.29 is 4.52 Å². The SMILES string of the molecule is CCC(C)(N)c1noc(-c2ccc3cc(Br)ccc3c2)n1. The lowest BCUT2D eigenvalue weighted by molar-refractivity contribution is 0.379. The molecule has 0 amide bonds. The number of halogens is 1. The summed E-state index contributed by atoms with van der Waals surface area (Å²) in [5.74, 6) is 1.04. The van der Waals surface area contributed by atoms with Gasteiger partial charge in [-0.1, -0.05) is 40.1 Å². The van der Waals surface area contributed by atoms with Crippen LogP contribution in [0.4, 0.5) is 0 Å². The molecule has 1 aromatic heterocycles. The molecule has 4 nitrogen and oxygen atoms in total. The molecule has 0 aliphatic heterocycles. The van der Waals surface area contributed by atoms with Gasteiger partial charge in [-0.25, -0.2) is 0 Å². The molecule has 0 spiro atoms. The fourth-order valence-corrected chi connectivity index (χ4v) is 2.46. The van der Waals surface area contributed by atoms with Crippen LogP contribution in [0.2, 0.25) is 0 Å². The summed E-state index contributed by atoms with van der Waals surface area (Å²) in [6, 6.07) is 12.2. The topological polar surface area (TPSA) is 64.9 Å². The van der Waals surface area contributed by atoms with Crippen LogP contribution in [0.25, 0.3) is 22.2 Å². The van der Waals surface area contributed by atoms with E-state index in [9.17, 15) is 0 Å². The first-order valence-corrected chi connectivity index (χ1v) is 7.61. The maximum absolute atomic E-state index is 6.15. The zero-order valence-corrected chi connectivity index (χ0v) is 13.5. The van der Waals surface area contributed by atoms with E-state index in [1.54, 1.807) is 0 Å². The Hall–Kier alpha value is -1.72. The summed E-state index contributed by atoms with van der Waals surface area (Å²) in [4.78, 5) is 4.44. The van der Waals surface area contributed by atoms with Crippen molar-refractivity contribution in [2.75, 3.05) is 0 Å². The number of rotatable bonds is 3. The first kappa shape index (κ1) is 14.2. The lowest BCUT2D eigenvalue weighted by Gasteiger charge is -2.16. The van der Waals surface area contributed by atoms with Crippen LogP contribution in [0.15, 0.2) is 45.4 Å². The standard InChI is InChI=1S/C16H16BrN3O/c1-3-16(2,18)15-19-14(21-20-15)12-5-4-11-9-13(17)7-6-10(11)8-12/h4-9H,3,18H2,1-2H3. The van der Waals surface area contributed by atoms with E-state index in [-0.39, 0.29) is 0 Å². The number of hydrogen-bond donors (Lipinski definition) is 1. The summed E-state index contributed by atoms with van der Waals surface area (Å²) in [5, 5.41) is 6.29. The third kappa shape index (κ3) is 2.71. The highest BCUT2D eigenvalue weighted by Gasteiger charge is 2.25. The molecular formula is C16H16BrN3O. The molecule has 21 heavy (non-hydrogen) atoms. The second kappa shape index (κ2) is 5.24. The molecule has 0 radical (unpaired) electrons. The molecule has 2 aromatic carbocycles. The Morgan fingerprint density at radius 3 is 2.67 bits per heavy atom. The molecule has 0 fully saturated rings. The molecule has 1 unspecified atom stereocenters. The van der Waals surface area contributed by atoms with Gasteiger partial charge in [-0.05, 0) is 48.4 Å². The highest BCUT2D eigenvalue weighted by atomic mass is 79.9. The van der Waals surface area contributed by atoms with Crippen molar-refractivity contribution >= 4 is 26.7 Å². The highest BCUT2D eigenvalue weighted by molar-refractivity contribution is 9.10. The average molecular weight is 346 g/mol. The smallest absolute Gasteiger partial charge is 0.258 e. The molecule has 2 N–H and O–H groups in total. The largest absolute Gasteiger partial charge is 0.334 e. The molecule has 1 atom stereocenters. The highest BCUT2D eigenvalue weighted by Crippen LogP contribution is 2.27. The normalized spacial score (nSPS) is 14.3. The van der Waals surface area contributed by atoms with Gasteiger partial charge in [0.25, 0.3) is 5.89 Å². The summed E-state index contributed by atoms with van der Waals surface area (Å²) >= 11 is 3.47. The van der Waals surface area contributed by atoms with Crippen LogP contribution in [-0.2, 0) is 5.54 Å². The van der Waals surface area contributed by atoms with Gasteiger partial charge in [0.2, 0.25) is 0 Å². The first-order chi connectivity index (χ1) is 9.99. The van der Waals surface area contributed by atoms with E-state index in [1.165, 1.54) is 0 Å². The maximum Gasteiger partial charge on any atom is 0.258 e. The fraction of sp³-hybridized carbons (Fsp3) is 0.250. The minimum Gasteiger partial charge on any atom is -0.334 e. The zero-order chi connectivity index (χ0) is 15.0. The molecule has 3 rings (SSSR count). The van der Waals surface area contributed by atoms with Crippen LogP contribution in [0.3, 0.4) is 0 Å². The summed E-state index contributed by atoms with van der Waals surface area (Å²) < 4.78 is 6.42. The van der Waals surface area contributed by atoms with Crippen molar-refractivity contribution in [3.63, 3.8) is 0 Å². The first-order valence-electron chi connectivity index (χ1n) is 6.82. The van der Waals surface area contributed by atoms with E-state index in [2.05, 4.69) is 38.2 Å². The molecule has 108 valence electrons. The van der Waals surface area contributed by atoms with Crippen molar-refractivity contribution in [2.24, 2.45) is 5.73 Å². The molecule has 0 aliphatic rings. The van der Waals surface area contributed by atoms with Crippen molar-refractivity contribution in [1.29, 1.82) is 0 Å². The lowest BCUT2D eigenvalue weighted by atomic mass is 10.00. The predicted molar refractivity (Wildman–Crippen MR) is 86.8 cm³/mol. The minimum absolute atomic E-state index is 0.500. The quantitative estimate of drug-likeness (QED) is 0.771. The van der Waals surface area contributed by atoms with E-state index >= 15 is 0 Å². The number of nitrogens with zero attached hydrogens (tertiary/aromatic N) is 2. The van der Waals surface area contributed by atoms with Crippen molar-refractivity contribution in [2.45, 2.75) is 25.8 Å². The number of aromatic nitrogens is 2. The van der Waals surface area contributed by atoms with E-state index in [4.69, 9.17) is 10.3 Å². The summed E-state index contributed by atoms with van der Waals surface area (Å²) in [5.41, 5.74) is 6.48. The second-order valence-electron chi connectivity index (χ2n) is 5.40. The van der Waals surface area contributed by atoms with Crippen molar-refractivity contribution in [1.82, 2.24) is 10.1 Å². The van der Waals surface area contributed by atoms with Gasteiger partial charge < -0.3 is 10.3 Å². The van der Waals surface area contributed by atoms with Gasteiger partial charge in [0, 0.05) is 10.0 Å². The lowest BCUT2D eigenvalue weighted by Crippen LogP contribution is -2.33. The fourth-order valence-electron chi connectivity index (χ4n) is 2.08. The van der Waals surface area contributed by atoms with E-state index in [1.807, 2.05) is 38.1 Å². The molecule has 0 bridgehead atoms. The molecular weight excluding hydrogens is 330 g/mol. The maximum atomic E-state index is 6.15. The van der Waals surface area contributed by atoms with Crippen molar-refractivity contribution in [3.8, 4) is 11.5 Å². The third-order valence-corrected chi connectivity index (χ3v) is 4.21. The predicted octanol–water partition coefficient (Wildman–Crippen LogP) is 4.24. The van der Waals surface area contributed by atoms with E-state index in [0.717, 1.165) is 27.2 Å². The van der Waals surface area contributed by atoms with Crippen LogP contribution in [-0.4, -0.2) is 10.1 Å². The number of hydrogen-bond acceptors (Lipinski definition) is 4. The zero-order valence-electron chi connectivity index (χ0n) is 11.9. The number of fused-ring (bicyclic) bond motifs is 1. The number of nitrogens with two attached hydrogens (primary N) is 1. The molecule has 0 saturated heterocycles. The Labute approximate surface area is 131 Å². The molecule has 5 heteroatoms. The van der Waals surface area contributed by atoms with E-state index in [0.29, 0.717) is 11.7 Å². The van der Waals surface area contributed by atoms with Gasteiger partial charge in [0.1, 0.15) is 0 Å². The van der Waals surface area contributed by atoms with Gasteiger partial charge in [-0.2, -0.15) is 4.98 Å². The van der Waals surface area contributed by atoms with Gasteiger partial charge in [-0.3, -0.25) is 0 Å². The van der Waals surface area contributed by atoms with Crippen LogP contribution in [0, 0.1) is 0 Å². The molecule has 0 aliphatic carbocycles. The van der Waals surface area contributed by atoms with E-state index < -0.39 is 5.54 Å². The average Bonchev–Trinajstić information content (AvgIpc) is 2.97. The Kier molecular flexibility index (Phi) is 3.55. The monoisotopic (exact) mass is 345 g/mol. The Morgan fingerprint density at radius 1 is 1.19 bits per heavy atom. The van der Waals surface area contributed by atoms with Gasteiger partial charge in [0.15, 0.2) is 5.82 Å². The Bertz CT molecular complexity index is 795. The van der Waals surface area contributed by atoms with Gasteiger partial charge in [0.05, 0.1) is 5.54 Å². The summed E-state index contributed by atoms with van der Waals surface area (Å²) in [6.45, 7) is 3.91. The van der Waals surface area contributed by atoms with Gasteiger partial charge >= 0.3 is 0 Å². The Balaban J connectivity index is 2.03. The minimum atomic E-state index is -0.566. The van der Waals surface area contributed by atoms with Crippen LogP contribution in [0.1, 0.15) is 26.1 Å². The molecule has 0 saturated carbocycles. The summed E-state index contributed by atoms with van der Waals surface area (Å²) in [6.07, 6.45) is 0.748. The molecule has 1 heterocycles. The van der Waals surface area contributed by atoms with Gasteiger partial charge in [-0.15, -0.1) is 0 Å². The van der Waals surface area contributed by atoms with Crippen molar-refractivity contribution in [3.05, 3.63) is 46.7 Å². The third-order valence-electron chi connectivity index (χ3n) is 3.72. The Morgan fingerprint density at radius 2 is 1.90 bits per heavy atom. The van der Waals surface area contributed by atoms with Crippen LogP contribution < -0.4 is 5.73 Å². The number of benzene rings is 2. The van der Waals surface area contributed by atoms with Crippen LogP contribution >= 0.6 is 15.9 Å². The van der Waals surface area contributed by atoms with Crippen LogP contribution in [0.5, 0.6) is 0 Å². The molecule has 3 aromatic rings. The second-order valence-corrected chi connectivity index (χ2v) is 6.32. The summed E-state index contributed by atoms with van der Waals surface area (Å²) in [7, 11) is 0.